The van der Waals surface area contributed by atoms with Gasteiger partial charge in [-0.2, -0.15) is 0 Å². The zero-order valence-electron chi connectivity index (χ0n) is 11.4. The van der Waals surface area contributed by atoms with Gasteiger partial charge in [-0.05, 0) is 31.0 Å². The number of hydrogen-bond donors (Lipinski definition) is 2. The predicted molar refractivity (Wildman–Crippen MR) is 74.2 cm³/mol. The fourth-order valence-electron chi connectivity index (χ4n) is 1.56. The Bertz CT molecular complexity index is 343. The third-order valence-corrected chi connectivity index (χ3v) is 2.78. The van der Waals surface area contributed by atoms with Crippen LogP contribution >= 0.6 is 0 Å². The molecule has 0 atom stereocenters. The van der Waals surface area contributed by atoms with Crippen molar-refractivity contribution in [3.63, 3.8) is 0 Å². The van der Waals surface area contributed by atoms with Crippen LogP contribution in [0.2, 0.25) is 0 Å². The number of hydrogen-bond acceptors (Lipinski definition) is 4. The van der Waals surface area contributed by atoms with E-state index in [0.717, 1.165) is 18.8 Å². The molecule has 1 aromatic carbocycles. The van der Waals surface area contributed by atoms with Gasteiger partial charge in [0.15, 0.2) is 0 Å². The van der Waals surface area contributed by atoms with Crippen molar-refractivity contribution in [1.29, 1.82) is 0 Å². The third kappa shape index (κ3) is 5.49. The smallest absolute Gasteiger partial charge is 0.122 e. The summed E-state index contributed by atoms with van der Waals surface area (Å²) in [7, 11) is 0. The first-order chi connectivity index (χ1) is 8.75. The number of aryl methyl sites for hydroxylation is 1. The summed E-state index contributed by atoms with van der Waals surface area (Å²) < 4.78 is 11.1. The molecule has 0 bridgehead atoms. The van der Waals surface area contributed by atoms with Crippen LogP contribution in [-0.2, 0) is 4.74 Å². The highest BCUT2D eigenvalue weighted by Crippen LogP contribution is 2.20. The van der Waals surface area contributed by atoms with Crippen LogP contribution in [0.1, 0.15) is 11.1 Å². The maximum Gasteiger partial charge on any atom is 0.122 e. The lowest BCUT2D eigenvalue weighted by atomic mass is 10.1. The van der Waals surface area contributed by atoms with Gasteiger partial charge in [0.2, 0.25) is 0 Å². The minimum Gasteiger partial charge on any atom is -0.491 e. The first-order valence-corrected chi connectivity index (χ1v) is 6.43. The lowest BCUT2D eigenvalue weighted by Crippen LogP contribution is -2.26. The topological polar surface area (TPSA) is 56.5 Å². The van der Waals surface area contributed by atoms with E-state index in [0.29, 0.717) is 26.4 Å². The van der Waals surface area contributed by atoms with E-state index in [1.54, 1.807) is 0 Å². The average molecular weight is 252 g/mol. The second-order valence-corrected chi connectivity index (χ2v) is 4.20. The zero-order valence-corrected chi connectivity index (χ0v) is 11.4. The molecule has 0 saturated carbocycles. The molecule has 4 heteroatoms. The Morgan fingerprint density at radius 3 is 2.72 bits per heavy atom. The highest BCUT2D eigenvalue weighted by molar-refractivity contribution is 5.38. The van der Waals surface area contributed by atoms with Crippen molar-refractivity contribution in [2.45, 2.75) is 13.8 Å². The first-order valence-electron chi connectivity index (χ1n) is 6.43. The molecule has 0 aliphatic carbocycles. The Kier molecular flexibility index (Phi) is 7.41. The first kappa shape index (κ1) is 15.0. The molecular formula is C14H24N2O2. The summed E-state index contributed by atoms with van der Waals surface area (Å²) in [4.78, 5) is 0. The number of nitrogens with two attached hydrogens (primary N) is 1. The molecule has 3 N–H and O–H groups in total. The summed E-state index contributed by atoms with van der Waals surface area (Å²) in [6.45, 7) is 8.37. The Hall–Kier alpha value is -1.10. The average Bonchev–Trinajstić information content (AvgIpc) is 2.37. The minimum atomic E-state index is 0.585. The van der Waals surface area contributed by atoms with E-state index in [9.17, 15) is 0 Å². The molecule has 1 aromatic rings. The molecule has 0 unspecified atom stereocenters. The van der Waals surface area contributed by atoms with Crippen LogP contribution in [0.25, 0.3) is 0 Å². The molecule has 0 radical (unpaired) electrons. The molecule has 102 valence electrons. The highest BCUT2D eigenvalue weighted by atomic mass is 16.5. The van der Waals surface area contributed by atoms with Crippen molar-refractivity contribution in [2.75, 3.05) is 39.5 Å². The Balaban J connectivity index is 2.09. The van der Waals surface area contributed by atoms with Gasteiger partial charge in [0.25, 0.3) is 0 Å². The van der Waals surface area contributed by atoms with Gasteiger partial charge in [-0.25, -0.2) is 0 Å². The molecular weight excluding hydrogens is 228 g/mol. The molecule has 0 spiro atoms. The molecule has 0 heterocycles. The second-order valence-electron chi connectivity index (χ2n) is 4.20. The zero-order chi connectivity index (χ0) is 13.2. The number of benzene rings is 1. The van der Waals surface area contributed by atoms with Crippen LogP contribution in [0.5, 0.6) is 5.75 Å². The van der Waals surface area contributed by atoms with Crippen molar-refractivity contribution in [3.05, 3.63) is 29.3 Å². The minimum absolute atomic E-state index is 0.585. The summed E-state index contributed by atoms with van der Waals surface area (Å²) in [6, 6.07) is 6.09. The summed E-state index contributed by atoms with van der Waals surface area (Å²) in [5, 5.41) is 3.17. The molecule has 0 aliphatic rings. The fraction of sp³-hybridized carbons (Fsp3) is 0.571. The van der Waals surface area contributed by atoms with Gasteiger partial charge in [-0.15, -0.1) is 0 Å². The van der Waals surface area contributed by atoms with E-state index in [1.807, 2.05) is 12.1 Å². The summed E-state index contributed by atoms with van der Waals surface area (Å²) >= 11 is 0. The molecule has 0 saturated heterocycles. The Morgan fingerprint density at radius 2 is 1.94 bits per heavy atom. The van der Waals surface area contributed by atoms with Crippen LogP contribution in [0.15, 0.2) is 18.2 Å². The van der Waals surface area contributed by atoms with Crippen molar-refractivity contribution in [2.24, 2.45) is 5.73 Å². The van der Waals surface area contributed by atoms with E-state index in [1.165, 1.54) is 11.1 Å². The normalized spacial score (nSPS) is 10.6. The maximum atomic E-state index is 5.68. The lowest BCUT2D eigenvalue weighted by Gasteiger charge is -2.11. The highest BCUT2D eigenvalue weighted by Gasteiger charge is 2.00. The number of ether oxygens (including phenoxy) is 2. The van der Waals surface area contributed by atoms with E-state index in [-0.39, 0.29) is 0 Å². The molecule has 0 aromatic heterocycles. The summed E-state index contributed by atoms with van der Waals surface area (Å²) in [5.74, 6) is 0.944. The quantitative estimate of drug-likeness (QED) is 0.649. The SMILES string of the molecule is Cc1cccc(OCCOCCNCCN)c1C. The van der Waals surface area contributed by atoms with Gasteiger partial charge in [-0.3, -0.25) is 0 Å². The third-order valence-electron chi connectivity index (χ3n) is 2.78. The van der Waals surface area contributed by atoms with Gasteiger partial charge >= 0.3 is 0 Å². The number of nitrogens with one attached hydrogen (secondary N) is 1. The summed E-state index contributed by atoms with van der Waals surface area (Å²) in [6.07, 6.45) is 0. The van der Waals surface area contributed by atoms with Crippen LogP contribution in [-0.4, -0.2) is 39.5 Å². The van der Waals surface area contributed by atoms with Crippen molar-refractivity contribution in [1.82, 2.24) is 5.32 Å². The molecule has 1 rings (SSSR count). The van der Waals surface area contributed by atoms with E-state index >= 15 is 0 Å². The van der Waals surface area contributed by atoms with Gasteiger partial charge in [-0.1, -0.05) is 12.1 Å². The van der Waals surface area contributed by atoms with E-state index < -0.39 is 0 Å². The van der Waals surface area contributed by atoms with Crippen LogP contribution in [0.4, 0.5) is 0 Å². The summed E-state index contributed by atoms with van der Waals surface area (Å²) in [5.41, 5.74) is 7.80. The van der Waals surface area contributed by atoms with Gasteiger partial charge in [0.05, 0.1) is 13.2 Å². The predicted octanol–water partition coefficient (Wildman–Crippen LogP) is 1.25. The molecule has 18 heavy (non-hydrogen) atoms. The Morgan fingerprint density at radius 1 is 1.11 bits per heavy atom. The van der Waals surface area contributed by atoms with E-state index in [4.69, 9.17) is 15.2 Å². The fourth-order valence-corrected chi connectivity index (χ4v) is 1.56. The monoisotopic (exact) mass is 252 g/mol. The van der Waals surface area contributed by atoms with Crippen LogP contribution in [0, 0.1) is 13.8 Å². The molecule has 0 aliphatic heterocycles. The van der Waals surface area contributed by atoms with Crippen molar-refractivity contribution in [3.8, 4) is 5.75 Å². The largest absolute Gasteiger partial charge is 0.491 e. The van der Waals surface area contributed by atoms with E-state index in [2.05, 4.69) is 25.2 Å². The second kappa shape index (κ2) is 8.91. The van der Waals surface area contributed by atoms with Crippen LogP contribution in [0.3, 0.4) is 0 Å². The van der Waals surface area contributed by atoms with Gasteiger partial charge in [0, 0.05) is 19.6 Å². The maximum absolute atomic E-state index is 5.68. The number of rotatable bonds is 9. The van der Waals surface area contributed by atoms with Crippen molar-refractivity contribution >= 4 is 0 Å². The van der Waals surface area contributed by atoms with Gasteiger partial charge < -0.3 is 20.5 Å². The van der Waals surface area contributed by atoms with Crippen molar-refractivity contribution < 1.29 is 9.47 Å². The molecule has 4 nitrogen and oxygen atoms in total. The standard InChI is InChI=1S/C14H24N2O2/c1-12-4-3-5-14(13(12)2)18-11-10-17-9-8-16-7-6-15/h3-5,16H,6-11,15H2,1-2H3. The Labute approximate surface area is 109 Å². The van der Waals surface area contributed by atoms with Gasteiger partial charge in [0.1, 0.15) is 12.4 Å². The molecule has 0 amide bonds. The van der Waals surface area contributed by atoms with Crippen LogP contribution < -0.4 is 15.8 Å². The molecule has 0 fully saturated rings. The lowest BCUT2D eigenvalue weighted by molar-refractivity contribution is 0.102.